The summed E-state index contributed by atoms with van der Waals surface area (Å²) in [5.74, 6) is 0. The zero-order valence-corrected chi connectivity index (χ0v) is 9.50. The minimum atomic E-state index is -1.26. The predicted octanol–water partition coefficient (Wildman–Crippen LogP) is -0.161. The van der Waals surface area contributed by atoms with Crippen molar-refractivity contribution in [3.63, 3.8) is 0 Å². The van der Waals surface area contributed by atoms with E-state index in [1.165, 1.54) is 0 Å². The molecule has 1 N–H and O–H groups in total. The second-order valence-corrected chi connectivity index (χ2v) is 6.02. The minimum Gasteiger partial charge on any atom is -0.597 e. The molecule has 76 valence electrons. The van der Waals surface area contributed by atoms with Gasteiger partial charge >= 0.3 is 11.7 Å². The molecule has 1 saturated carbocycles. The highest BCUT2D eigenvalue weighted by Crippen LogP contribution is 2.24. The van der Waals surface area contributed by atoms with E-state index >= 15 is 0 Å². The molecule has 0 radical (unpaired) electrons. The van der Waals surface area contributed by atoms with Gasteiger partial charge in [-0.05, 0) is 12.8 Å². The van der Waals surface area contributed by atoms with Crippen molar-refractivity contribution in [2.45, 2.75) is 36.2 Å². The molecule has 0 aliphatic heterocycles. The van der Waals surface area contributed by atoms with Crippen molar-refractivity contribution in [3.05, 3.63) is 0 Å². The molecule has 4 nitrogen and oxygen atoms in total. The van der Waals surface area contributed by atoms with Crippen molar-refractivity contribution in [2.75, 3.05) is 0 Å². The van der Waals surface area contributed by atoms with E-state index in [1.54, 1.807) is 0 Å². The summed E-state index contributed by atoms with van der Waals surface area (Å²) in [6.07, 6.45) is 3.38. The molecular formula is C6H12NO3S3+. The van der Waals surface area contributed by atoms with Crippen LogP contribution in [0.25, 0.3) is 0 Å². The summed E-state index contributed by atoms with van der Waals surface area (Å²) in [5.41, 5.74) is 0. The Balaban J connectivity index is 2.40. The fourth-order valence-electron chi connectivity index (χ4n) is 1.50. The third kappa shape index (κ3) is 3.59. The van der Waals surface area contributed by atoms with E-state index < -0.39 is 11.4 Å². The SMILES string of the molecule is O=[S+]C1CCCC([S+]([O-])N[SH]=O)C1. The molecule has 0 aromatic carbocycles. The van der Waals surface area contributed by atoms with Crippen molar-refractivity contribution in [1.82, 2.24) is 4.13 Å². The molecule has 3 unspecified atom stereocenters. The molecule has 3 atom stereocenters. The zero-order chi connectivity index (χ0) is 9.68. The van der Waals surface area contributed by atoms with E-state index in [2.05, 4.69) is 4.13 Å². The fraction of sp³-hybridized carbons (Fsp3) is 1.00. The molecule has 13 heavy (non-hydrogen) atoms. The first-order valence-electron chi connectivity index (χ1n) is 4.05. The summed E-state index contributed by atoms with van der Waals surface area (Å²) in [5, 5.41) is 0.0643. The lowest BCUT2D eigenvalue weighted by Gasteiger charge is -2.21. The maximum Gasteiger partial charge on any atom is 0.462 e. The second-order valence-electron chi connectivity index (χ2n) is 2.99. The number of hydrogen-bond acceptors (Lipinski definition) is 3. The van der Waals surface area contributed by atoms with Crippen LogP contribution in [0.2, 0.25) is 0 Å². The molecule has 1 aliphatic rings. The lowest BCUT2D eigenvalue weighted by Crippen LogP contribution is -2.37. The smallest absolute Gasteiger partial charge is 0.462 e. The monoisotopic (exact) mass is 242 g/mol. The first-order chi connectivity index (χ1) is 6.27. The Hall–Kier alpha value is 0.440. The van der Waals surface area contributed by atoms with Crippen LogP contribution in [0.15, 0.2) is 0 Å². The van der Waals surface area contributed by atoms with Gasteiger partial charge in [-0.2, -0.15) is 0 Å². The third-order valence-electron chi connectivity index (χ3n) is 2.14. The molecule has 0 saturated heterocycles. The molecule has 1 fully saturated rings. The van der Waals surface area contributed by atoms with Gasteiger partial charge in [0.15, 0.2) is 0 Å². The molecule has 7 heteroatoms. The summed E-state index contributed by atoms with van der Waals surface area (Å²) in [6, 6.07) is 0. The Bertz CT molecular complexity index is 192. The topological polar surface area (TPSA) is 69.2 Å². The van der Waals surface area contributed by atoms with Crippen LogP contribution in [-0.4, -0.2) is 19.3 Å². The molecule has 0 heterocycles. The normalized spacial score (nSPS) is 31.2. The standard InChI is InChI=1S/C6H12NO3S3/c8-11-5-2-1-3-6(4-5)13(10)7-12-9/h5-6,12H,1-4H2,(H,7,9)/q+1. The van der Waals surface area contributed by atoms with Gasteiger partial charge in [-0.15, -0.1) is 0 Å². The van der Waals surface area contributed by atoms with Crippen LogP contribution < -0.4 is 4.13 Å². The molecule has 0 amide bonds. The minimum absolute atomic E-state index is 0.0124. The van der Waals surface area contributed by atoms with Gasteiger partial charge in [-0.3, -0.25) is 0 Å². The molecule has 0 spiro atoms. The van der Waals surface area contributed by atoms with Gasteiger partial charge < -0.3 is 4.55 Å². The van der Waals surface area contributed by atoms with Gasteiger partial charge in [-0.1, -0.05) is 4.13 Å². The van der Waals surface area contributed by atoms with Gasteiger partial charge in [0.1, 0.15) is 17.1 Å². The van der Waals surface area contributed by atoms with E-state index in [0.29, 0.717) is 18.1 Å². The van der Waals surface area contributed by atoms with Crippen LogP contribution in [0.5, 0.6) is 0 Å². The Kier molecular flexibility index (Phi) is 5.34. The lowest BCUT2D eigenvalue weighted by atomic mass is 10.00. The second kappa shape index (κ2) is 6.02. The Morgan fingerprint density at radius 3 is 2.92 bits per heavy atom. The van der Waals surface area contributed by atoms with Crippen LogP contribution in [-0.2, 0) is 39.1 Å². The van der Waals surface area contributed by atoms with Crippen molar-refractivity contribution < 1.29 is 13.0 Å². The number of rotatable bonds is 4. The maximum absolute atomic E-state index is 11.3. The molecule has 1 rings (SSSR count). The van der Waals surface area contributed by atoms with Crippen molar-refractivity contribution in [3.8, 4) is 0 Å². The van der Waals surface area contributed by atoms with Gasteiger partial charge in [0, 0.05) is 10.6 Å². The molecule has 0 aromatic heterocycles. The lowest BCUT2D eigenvalue weighted by molar-refractivity contribution is 0.483. The Morgan fingerprint density at radius 1 is 1.54 bits per heavy atom. The number of thiol groups is 1. The fourth-order valence-corrected chi connectivity index (χ4v) is 3.87. The Morgan fingerprint density at radius 2 is 2.31 bits per heavy atom. The van der Waals surface area contributed by atoms with E-state index in [1.807, 2.05) is 0 Å². The predicted molar refractivity (Wildman–Crippen MR) is 54.9 cm³/mol. The Labute approximate surface area is 88.3 Å². The van der Waals surface area contributed by atoms with Crippen LogP contribution in [0.3, 0.4) is 0 Å². The van der Waals surface area contributed by atoms with Crippen molar-refractivity contribution >= 4 is 34.9 Å². The van der Waals surface area contributed by atoms with E-state index in [4.69, 9.17) is 0 Å². The first-order valence-corrected chi connectivity index (χ1v) is 6.88. The van der Waals surface area contributed by atoms with E-state index in [9.17, 15) is 13.0 Å². The summed E-state index contributed by atoms with van der Waals surface area (Å²) in [7, 11) is 0. The molecule has 1 aliphatic carbocycles. The van der Waals surface area contributed by atoms with Crippen molar-refractivity contribution in [1.29, 1.82) is 0 Å². The summed E-state index contributed by atoms with van der Waals surface area (Å²) in [6.45, 7) is 0. The van der Waals surface area contributed by atoms with Crippen LogP contribution in [0, 0.1) is 0 Å². The number of nitrogens with one attached hydrogen (secondary N) is 1. The van der Waals surface area contributed by atoms with Gasteiger partial charge in [0.2, 0.25) is 5.25 Å². The highest BCUT2D eigenvalue weighted by molar-refractivity contribution is 7.97. The maximum atomic E-state index is 11.3. The highest BCUT2D eigenvalue weighted by atomic mass is 32.3. The average molecular weight is 242 g/mol. The molecule has 0 aromatic rings. The zero-order valence-electron chi connectivity index (χ0n) is 6.97. The summed E-state index contributed by atoms with van der Waals surface area (Å²) in [4.78, 5) is 0. The quantitative estimate of drug-likeness (QED) is 0.531. The van der Waals surface area contributed by atoms with Gasteiger partial charge in [0.25, 0.3) is 0 Å². The average Bonchev–Trinajstić information content (AvgIpc) is 2.18. The highest BCUT2D eigenvalue weighted by Gasteiger charge is 2.37. The molecular weight excluding hydrogens is 230 g/mol. The van der Waals surface area contributed by atoms with Crippen LogP contribution >= 0.6 is 0 Å². The van der Waals surface area contributed by atoms with Crippen molar-refractivity contribution in [2.24, 2.45) is 0 Å². The van der Waals surface area contributed by atoms with Gasteiger partial charge in [0.05, 0.1) is 17.8 Å². The number of hydrogen-bond donors (Lipinski definition) is 2. The summed E-state index contributed by atoms with van der Waals surface area (Å²) >= 11 is -0.965. The third-order valence-corrected chi connectivity index (χ3v) is 4.90. The van der Waals surface area contributed by atoms with E-state index in [-0.39, 0.29) is 22.4 Å². The summed E-state index contributed by atoms with van der Waals surface area (Å²) < 4.78 is 34.4. The first kappa shape index (κ1) is 11.5. The largest absolute Gasteiger partial charge is 0.597 e. The van der Waals surface area contributed by atoms with Crippen LogP contribution in [0.1, 0.15) is 25.7 Å². The van der Waals surface area contributed by atoms with E-state index in [0.717, 1.165) is 19.3 Å². The van der Waals surface area contributed by atoms with Crippen LogP contribution in [0.4, 0.5) is 0 Å². The molecule has 0 bridgehead atoms. The van der Waals surface area contributed by atoms with Gasteiger partial charge in [-0.25, -0.2) is 4.21 Å².